The molecular formula is C24H39N5O2. The lowest BCUT2D eigenvalue weighted by Crippen LogP contribution is -2.54. The first-order valence-electron chi connectivity index (χ1n) is 12.0. The highest BCUT2D eigenvalue weighted by atomic mass is 16.5. The Morgan fingerprint density at radius 2 is 1.71 bits per heavy atom. The maximum absolute atomic E-state index is 5.71. The molecule has 0 aliphatic carbocycles. The second kappa shape index (κ2) is 11.8. The van der Waals surface area contributed by atoms with Crippen molar-refractivity contribution in [1.29, 1.82) is 0 Å². The quantitative estimate of drug-likeness (QED) is 0.485. The smallest absolute Gasteiger partial charge is 0.191 e. The SMILES string of the molecule is CN=C(NCC(c1ccccc1)N1CCCC1)NCC(C1CCOC1)N1CCOCC1. The number of benzene rings is 1. The lowest BCUT2D eigenvalue weighted by Gasteiger charge is -2.38. The Morgan fingerprint density at radius 1 is 0.968 bits per heavy atom. The molecule has 3 fully saturated rings. The van der Waals surface area contributed by atoms with Crippen molar-refractivity contribution < 1.29 is 9.47 Å². The first-order chi connectivity index (χ1) is 15.3. The van der Waals surface area contributed by atoms with Gasteiger partial charge in [0.05, 0.1) is 25.9 Å². The van der Waals surface area contributed by atoms with Gasteiger partial charge < -0.3 is 20.1 Å². The van der Waals surface area contributed by atoms with Gasteiger partial charge in [-0.25, -0.2) is 0 Å². The molecule has 0 saturated carbocycles. The summed E-state index contributed by atoms with van der Waals surface area (Å²) in [4.78, 5) is 9.69. The third-order valence-electron chi connectivity index (χ3n) is 6.95. The van der Waals surface area contributed by atoms with Gasteiger partial charge in [0.2, 0.25) is 0 Å². The van der Waals surface area contributed by atoms with Crippen LogP contribution in [-0.2, 0) is 9.47 Å². The number of ether oxygens (including phenoxy) is 2. The summed E-state index contributed by atoms with van der Waals surface area (Å²) in [7, 11) is 1.87. The van der Waals surface area contributed by atoms with Crippen LogP contribution in [0.5, 0.6) is 0 Å². The number of likely N-dealkylation sites (tertiary alicyclic amines) is 1. The van der Waals surface area contributed by atoms with Crippen molar-refractivity contribution in [2.45, 2.75) is 31.3 Å². The van der Waals surface area contributed by atoms with Crippen molar-refractivity contribution in [3.05, 3.63) is 35.9 Å². The molecule has 7 heteroatoms. The Morgan fingerprint density at radius 3 is 2.39 bits per heavy atom. The summed E-state index contributed by atoms with van der Waals surface area (Å²) >= 11 is 0. The maximum Gasteiger partial charge on any atom is 0.191 e. The molecule has 3 atom stereocenters. The molecule has 4 rings (SSSR count). The van der Waals surface area contributed by atoms with E-state index in [1.54, 1.807) is 0 Å². The van der Waals surface area contributed by atoms with E-state index in [4.69, 9.17) is 9.47 Å². The lowest BCUT2D eigenvalue weighted by molar-refractivity contribution is 0.00246. The zero-order valence-electron chi connectivity index (χ0n) is 19.0. The lowest BCUT2D eigenvalue weighted by atomic mass is 9.97. The van der Waals surface area contributed by atoms with Crippen LogP contribution < -0.4 is 10.6 Å². The molecule has 0 spiro atoms. The first-order valence-corrected chi connectivity index (χ1v) is 12.0. The molecule has 0 bridgehead atoms. The number of guanidine groups is 1. The molecule has 1 aromatic carbocycles. The summed E-state index contributed by atoms with van der Waals surface area (Å²) in [6.07, 6.45) is 3.72. The zero-order chi connectivity index (χ0) is 21.3. The summed E-state index contributed by atoms with van der Waals surface area (Å²) in [5.41, 5.74) is 1.38. The number of morpholine rings is 1. The van der Waals surface area contributed by atoms with E-state index in [2.05, 4.69) is 55.8 Å². The van der Waals surface area contributed by atoms with Gasteiger partial charge in [0.1, 0.15) is 0 Å². The Labute approximate surface area is 187 Å². The molecule has 3 aliphatic rings. The summed E-state index contributed by atoms with van der Waals surface area (Å²) in [6, 6.07) is 11.7. The number of nitrogens with zero attached hydrogens (tertiary/aromatic N) is 3. The van der Waals surface area contributed by atoms with Crippen LogP contribution in [-0.4, -0.2) is 94.5 Å². The Hall–Kier alpha value is -1.67. The van der Waals surface area contributed by atoms with Gasteiger partial charge >= 0.3 is 0 Å². The van der Waals surface area contributed by atoms with E-state index in [1.807, 2.05) is 7.05 Å². The van der Waals surface area contributed by atoms with E-state index in [1.165, 1.54) is 31.5 Å². The summed E-state index contributed by atoms with van der Waals surface area (Å²) < 4.78 is 11.3. The van der Waals surface area contributed by atoms with Crippen molar-refractivity contribution in [1.82, 2.24) is 20.4 Å². The molecule has 31 heavy (non-hydrogen) atoms. The average molecular weight is 430 g/mol. The van der Waals surface area contributed by atoms with E-state index < -0.39 is 0 Å². The third-order valence-corrected chi connectivity index (χ3v) is 6.95. The topological polar surface area (TPSA) is 61.4 Å². The minimum absolute atomic E-state index is 0.375. The van der Waals surface area contributed by atoms with E-state index in [0.717, 1.165) is 65.0 Å². The highest BCUT2D eigenvalue weighted by molar-refractivity contribution is 5.79. The molecule has 0 aromatic heterocycles. The van der Waals surface area contributed by atoms with Crippen LogP contribution in [0.25, 0.3) is 0 Å². The highest BCUT2D eigenvalue weighted by Gasteiger charge is 2.31. The van der Waals surface area contributed by atoms with Crippen LogP contribution >= 0.6 is 0 Å². The van der Waals surface area contributed by atoms with Crippen molar-refractivity contribution in [3.63, 3.8) is 0 Å². The Bertz CT molecular complexity index is 668. The van der Waals surface area contributed by atoms with Crippen molar-refractivity contribution in [3.8, 4) is 0 Å². The van der Waals surface area contributed by atoms with Crippen molar-refractivity contribution >= 4 is 5.96 Å². The standard InChI is InChI=1S/C24H39N5O2/c1-25-24(26-17-22(28-10-5-6-11-28)20-7-3-2-4-8-20)27-18-23(21-9-14-31-19-21)29-12-15-30-16-13-29/h2-4,7-8,21-23H,5-6,9-19H2,1H3,(H2,25,26,27). The maximum atomic E-state index is 5.71. The van der Waals surface area contributed by atoms with Gasteiger partial charge in [0.15, 0.2) is 5.96 Å². The minimum atomic E-state index is 0.375. The minimum Gasteiger partial charge on any atom is -0.381 e. The fourth-order valence-electron chi connectivity index (χ4n) is 5.16. The largest absolute Gasteiger partial charge is 0.381 e. The van der Waals surface area contributed by atoms with E-state index in [0.29, 0.717) is 18.0 Å². The third kappa shape index (κ3) is 6.19. The molecule has 0 amide bonds. The van der Waals surface area contributed by atoms with Gasteiger partial charge in [0, 0.05) is 51.8 Å². The summed E-state index contributed by atoms with van der Waals surface area (Å²) in [5.74, 6) is 1.46. The number of hydrogen-bond donors (Lipinski definition) is 2. The van der Waals surface area contributed by atoms with Gasteiger partial charge in [-0.15, -0.1) is 0 Å². The van der Waals surface area contributed by atoms with Crippen LogP contribution in [0.3, 0.4) is 0 Å². The Kier molecular flexibility index (Phi) is 8.58. The van der Waals surface area contributed by atoms with Crippen molar-refractivity contribution in [2.24, 2.45) is 10.9 Å². The van der Waals surface area contributed by atoms with Crippen LogP contribution in [0.4, 0.5) is 0 Å². The molecule has 7 nitrogen and oxygen atoms in total. The highest BCUT2D eigenvalue weighted by Crippen LogP contribution is 2.24. The average Bonchev–Trinajstić information content (AvgIpc) is 3.54. The number of hydrogen-bond acceptors (Lipinski definition) is 5. The molecular weight excluding hydrogens is 390 g/mol. The second-order valence-corrected chi connectivity index (χ2v) is 8.84. The normalized spacial score (nSPS) is 25.5. The second-order valence-electron chi connectivity index (χ2n) is 8.84. The summed E-state index contributed by atoms with van der Waals surface area (Å²) in [5, 5.41) is 7.24. The molecule has 172 valence electrons. The number of rotatable bonds is 8. The molecule has 0 radical (unpaired) electrons. The molecule has 3 unspecified atom stereocenters. The predicted molar refractivity (Wildman–Crippen MR) is 124 cm³/mol. The molecule has 3 aliphatic heterocycles. The van der Waals surface area contributed by atoms with E-state index in [9.17, 15) is 0 Å². The van der Waals surface area contributed by atoms with Crippen molar-refractivity contribution in [2.75, 3.05) is 72.7 Å². The Balaban J connectivity index is 1.35. The van der Waals surface area contributed by atoms with Crippen LogP contribution in [0, 0.1) is 5.92 Å². The summed E-state index contributed by atoms with van der Waals surface area (Å²) in [6.45, 7) is 9.49. The molecule has 3 heterocycles. The monoisotopic (exact) mass is 429 g/mol. The number of aliphatic imine (C=N–C) groups is 1. The fourth-order valence-corrected chi connectivity index (χ4v) is 5.16. The van der Waals surface area contributed by atoms with Crippen LogP contribution in [0.15, 0.2) is 35.3 Å². The molecule has 1 aromatic rings. The number of nitrogens with one attached hydrogen (secondary N) is 2. The van der Waals surface area contributed by atoms with Crippen LogP contribution in [0.2, 0.25) is 0 Å². The van der Waals surface area contributed by atoms with Gasteiger partial charge in [0.25, 0.3) is 0 Å². The van der Waals surface area contributed by atoms with Gasteiger partial charge in [-0.05, 0) is 37.9 Å². The fraction of sp³-hybridized carbons (Fsp3) is 0.708. The van der Waals surface area contributed by atoms with E-state index in [-0.39, 0.29) is 0 Å². The first kappa shape index (κ1) is 22.5. The zero-order valence-corrected chi connectivity index (χ0v) is 19.0. The van der Waals surface area contributed by atoms with Gasteiger partial charge in [-0.1, -0.05) is 30.3 Å². The van der Waals surface area contributed by atoms with Gasteiger partial charge in [-0.3, -0.25) is 14.8 Å². The molecule has 3 saturated heterocycles. The molecule has 2 N–H and O–H groups in total. The van der Waals surface area contributed by atoms with Gasteiger partial charge in [-0.2, -0.15) is 0 Å². The van der Waals surface area contributed by atoms with E-state index >= 15 is 0 Å². The van der Waals surface area contributed by atoms with Crippen LogP contribution in [0.1, 0.15) is 30.9 Å². The predicted octanol–water partition coefficient (Wildman–Crippen LogP) is 1.73.